The Morgan fingerprint density at radius 1 is 1.35 bits per heavy atom. The Hall–Kier alpha value is -2.60. The lowest BCUT2D eigenvalue weighted by Crippen LogP contribution is -2.04. The molecule has 2 heterocycles. The normalized spacial score (nSPS) is 10.8. The first-order valence-corrected chi connectivity index (χ1v) is 6.07. The summed E-state index contributed by atoms with van der Waals surface area (Å²) in [4.78, 5) is 15.3. The van der Waals surface area contributed by atoms with Gasteiger partial charge in [0.05, 0.1) is 16.6 Å². The van der Waals surface area contributed by atoms with Crippen LogP contribution in [-0.2, 0) is 0 Å². The van der Waals surface area contributed by atoms with Gasteiger partial charge in [-0.05, 0) is 24.3 Å². The average molecular weight is 289 g/mol. The van der Waals surface area contributed by atoms with Crippen molar-refractivity contribution in [1.29, 1.82) is 0 Å². The number of pyridine rings is 1. The quantitative estimate of drug-likeness (QED) is 0.672. The summed E-state index contributed by atoms with van der Waals surface area (Å²) in [5.74, 6) is -0.981. The van der Waals surface area contributed by atoms with Crippen LogP contribution in [0, 0.1) is 0 Å². The third-order valence-electron chi connectivity index (χ3n) is 2.97. The Morgan fingerprint density at radius 3 is 2.90 bits per heavy atom. The number of nitrogens with two attached hydrogens (primary N) is 1. The van der Waals surface area contributed by atoms with Crippen molar-refractivity contribution >= 4 is 34.3 Å². The third kappa shape index (κ3) is 1.86. The van der Waals surface area contributed by atoms with E-state index in [2.05, 4.69) is 15.2 Å². The molecule has 100 valence electrons. The number of hydrogen-bond acceptors (Lipinski definition) is 4. The molecule has 20 heavy (non-hydrogen) atoms. The molecule has 0 atom stereocenters. The van der Waals surface area contributed by atoms with Crippen molar-refractivity contribution in [3.8, 4) is 11.3 Å². The molecule has 0 aliphatic rings. The fourth-order valence-corrected chi connectivity index (χ4v) is 2.25. The molecule has 0 amide bonds. The number of aromatic carboxylic acids is 1. The smallest absolute Gasteiger partial charge is 0.336 e. The number of hydrogen-bond donors (Lipinski definition) is 3. The van der Waals surface area contributed by atoms with Crippen LogP contribution in [0.4, 0.5) is 5.82 Å². The number of fused-ring (bicyclic) bond motifs is 1. The monoisotopic (exact) mass is 288 g/mol. The first-order valence-electron chi connectivity index (χ1n) is 5.69. The predicted octanol–water partition coefficient (Wildman–Crippen LogP) is 2.56. The number of nitrogens with zero attached hydrogens (tertiary/aromatic N) is 2. The molecule has 0 saturated carbocycles. The molecule has 4 N–H and O–H groups in total. The number of nitrogens with one attached hydrogen (secondary N) is 1. The number of carboxylic acids is 1. The molecule has 0 aliphatic carbocycles. The van der Waals surface area contributed by atoms with Crippen LogP contribution in [0.3, 0.4) is 0 Å². The van der Waals surface area contributed by atoms with Crippen LogP contribution in [0.1, 0.15) is 10.4 Å². The number of carbonyl (C=O) groups is 1. The van der Waals surface area contributed by atoms with Gasteiger partial charge in [-0.15, -0.1) is 0 Å². The van der Waals surface area contributed by atoms with E-state index >= 15 is 0 Å². The SMILES string of the molecule is Nc1nccc(C(=O)O)c1-c1n[nH]c2ccc(Cl)cc12. The summed E-state index contributed by atoms with van der Waals surface area (Å²) in [7, 11) is 0. The Kier molecular flexibility index (Phi) is 2.80. The largest absolute Gasteiger partial charge is 0.478 e. The number of aromatic nitrogens is 3. The molecule has 3 aromatic rings. The molecular weight excluding hydrogens is 280 g/mol. The minimum Gasteiger partial charge on any atom is -0.478 e. The maximum Gasteiger partial charge on any atom is 0.336 e. The Labute approximate surface area is 118 Å². The summed E-state index contributed by atoms with van der Waals surface area (Å²) >= 11 is 5.97. The highest BCUT2D eigenvalue weighted by atomic mass is 35.5. The van der Waals surface area contributed by atoms with Crippen molar-refractivity contribution in [2.45, 2.75) is 0 Å². The van der Waals surface area contributed by atoms with Crippen LogP contribution in [-0.4, -0.2) is 26.3 Å². The third-order valence-corrected chi connectivity index (χ3v) is 3.21. The molecular formula is C13H9ClN4O2. The summed E-state index contributed by atoms with van der Waals surface area (Å²) in [5.41, 5.74) is 7.31. The fraction of sp³-hybridized carbons (Fsp3) is 0. The van der Waals surface area contributed by atoms with E-state index in [1.807, 2.05) is 0 Å². The molecule has 0 unspecified atom stereocenters. The lowest BCUT2D eigenvalue weighted by atomic mass is 10.0. The van der Waals surface area contributed by atoms with Crippen molar-refractivity contribution in [2.75, 3.05) is 5.73 Å². The molecule has 0 fully saturated rings. The zero-order valence-corrected chi connectivity index (χ0v) is 10.8. The summed E-state index contributed by atoms with van der Waals surface area (Å²) in [6.45, 7) is 0. The average Bonchev–Trinajstić information content (AvgIpc) is 2.81. The number of anilines is 1. The summed E-state index contributed by atoms with van der Waals surface area (Å²) in [6.07, 6.45) is 1.35. The Morgan fingerprint density at radius 2 is 2.15 bits per heavy atom. The van der Waals surface area contributed by atoms with Crippen LogP contribution in [0.15, 0.2) is 30.5 Å². The Balaban J connectivity index is 2.36. The van der Waals surface area contributed by atoms with Crippen molar-refractivity contribution in [1.82, 2.24) is 15.2 Å². The molecule has 0 aliphatic heterocycles. The van der Waals surface area contributed by atoms with Gasteiger partial charge in [0.2, 0.25) is 0 Å². The van der Waals surface area contributed by atoms with Gasteiger partial charge in [-0.1, -0.05) is 11.6 Å². The van der Waals surface area contributed by atoms with E-state index in [9.17, 15) is 9.90 Å². The maximum atomic E-state index is 11.3. The molecule has 7 heteroatoms. The first kappa shape index (κ1) is 12.4. The van der Waals surface area contributed by atoms with Crippen molar-refractivity contribution in [2.24, 2.45) is 0 Å². The standard InChI is InChI=1S/C13H9ClN4O2/c14-6-1-2-9-8(5-6)11(18-17-9)10-7(13(19)20)3-4-16-12(10)15/h1-5H,(H2,15,16)(H,17,18)(H,19,20). The van der Waals surface area contributed by atoms with Gasteiger partial charge in [0.15, 0.2) is 0 Å². The van der Waals surface area contributed by atoms with Crippen LogP contribution in [0.25, 0.3) is 22.2 Å². The molecule has 0 radical (unpaired) electrons. The number of nitrogen functional groups attached to an aromatic ring is 1. The fourth-order valence-electron chi connectivity index (χ4n) is 2.08. The van der Waals surface area contributed by atoms with Crippen molar-refractivity contribution in [3.63, 3.8) is 0 Å². The molecule has 0 spiro atoms. The minimum atomic E-state index is -1.09. The highest BCUT2D eigenvalue weighted by Crippen LogP contribution is 2.33. The van der Waals surface area contributed by atoms with E-state index in [0.717, 1.165) is 5.52 Å². The van der Waals surface area contributed by atoms with Gasteiger partial charge in [-0.3, -0.25) is 5.10 Å². The number of benzene rings is 1. The molecule has 0 bridgehead atoms. The van der Waals surface area contributed by atoms with Gasteiger partial charge >= 0.3 is 5.97 Å². The van der Waals surface area contributed by atoms with Gasteiger partial charge in [0, 0.05) is 16.6 Å². The van der Waals surface area contributed by atoms with Gasteiger partial charge in [0.1, 0.15) is 11.5 Å². The summed E-state index contributed by atoms with van der Waals surface area (Å²) in [5, 5.41) is 17.5. The highest BCUT2D eigenvalue weighted by molar-refractivity contribution is 6.31. The molecule has 6 nitrogen and oxygen atoms in total. The lowest BCUT2D eigenvalue weighted by Gasteiger charge is -2.06. The van der Waals surface area contributed by atoms with Crippen molar-refractivity contribution < 1.29 is 9.90 Å². The number of rotatable bonds is 2. The number of H-pyrrole nitrogens is 1. The van der Waals surface area contributed by atoms with Crippen LogP contribution < -0.4 is 5.73 Å². The van der Waals surface area contributed by atoms with Gasteiger partial charge in [0.25, 0.3) is 0 Å². The lowest BCUT2D eigenvalue weighted by molar-refractivity contribution is 0.0697. The number of aromatic amines is 1. The second-order valence-electron chi connectivity index (χ2n) is 4.19. The molecule has 0 saturated heterocycles. The van der Waals surface area contributed by atoms with Crippen LogP contribution in [0.2, 0.25) is 5.02 Å². The van der Waals surface area contributed by atoms with E-state index in [1.165, 1.54) is 12.3 Å². The summed E-state index contributed by atoms with van der Waals surface area (Å²) in [6, 6.07) is 6.57. The molecule has 2 aromatic heterocycles. The van der Waals surface area contributed by atoms with Gasteiger partial charge in [-0.25, -0.2) is 9.78 Å². The van der Waals surface area contributed by atoms with E-state index in [4.69, 9.17) is 17.3 Å². The van der Waals surface area contributed by atoms with Gasteiger partial charge in [-0.2, -0.15) is 5.10 Å². The van der Waals surface area contributed by atoms with E-state index in [-0.39, 0.29) is 16.9 Å². The molecule has 3 rings (SSSR count). The first-order chi connectivity index (χ1) is 9.58. The van der Waals surface area contributed by atoms with E-state index in [0.29, 0.717) is 16.1 Å². The topological polar surface area (TPSA) is 105 Å². The predicted molar refractivity (Wildman–Crippen MR) is 75.7 cm³/mol. The van der Waals surface area contributed by atoms with Crippen molar-refractivity contribution in [3.05, 3.63) is 41.0 Å². The maximum absolute atomic E-state index is 11.3. The van der Waals surface area contributed by atoms with Gasteiger partial charge < -0.3 is 10.8 Å². The highest BCUT2D eigenvalue weighted by Gasteiger charge is 2.20. The second-order valence-corrected chi connectivity index (χ2v) is 4.62. The van der Waals surface area contributed by atoms with E-state index in [1.54, 1.807) is 18.2 Å². The number of halogens is 1. The zero-order valence-electron chi connectivity index (χ0n) is 10.1. The van der Waals surface area contributed by atoms with E-state index < -0.39 is 5.97 Å². The zero-order chi connectivity index (χ0) is 14.3. The minimum absolute atomic E-state index is 0.0471. The molecule has 1 aromatic carbocycles. The van der Waals surface area contributed by atoms with Crippen LogP contribution >= 0.6 is 11.6 Å². The summed E-state index contributed by atoms with van der Waals surface area (Å²) < 4.78 is 0. The van der Waals surface area contributed by atoms with Crippen LogP contribution in [0.5, 0.6) is 0 Å². The second kappa shape index (κ2) is 4.50. The number of carboxylic acid groups (broad SMARTS) is 1. The Bertz CT molecular complexity index is 828.